The van der Waals surface area contributed by atoms with Crippen LogP contribution in [-0.4, -0.2) is 7.11 Å². The van der Waals surface area contributed by atoms with Crippen LogP contribution in [0.4, 0.5) is 4.39 Å². The van der Waals surface area contributed by atoms with Crippen molar-refractivity contribution in [2.75, 3.05) is 7.11 Å². The number of methoxy groups -OCH3 is 1. The molecule has 0 aliphatic heterocycles. The van der Waals surface area contributed by atoms with Gasteiger partial charge in [0.1, 0.15) is 11.6 Å². The molecule has 1 nitrogen and oxygen atoms in total. The third-order valence-electron chi connectivity index (χ3n) is 8.12. The molecule has 0 saturated heterocycles. The quantitative estimate of drug-likeness (QED) is 0.512. The zero-order chi connectivity index (χ0) is 18.8. The van der Waals surface area contributed by atoms with Crippen molar-refractivity contribution in [1.82, 2.24) is 0 Å². The van der Waals surface area contributed by atoms with E-state index in [1.54, 1.807) is 13.2 Å². The molecule has 3 aliphatic rings. The predicted octanol–water partition coefficient (Wildman–Crippen LogP) is 7.13. The summed E-state index contributed by atoms with van der Waals surface area (Å²) in [5.74, 6) is 5.32. The van der Waals surface area contributed by atoms with Crippen LogP contribution in [0.3, 0.4) is 0 Å². The van der Waals surface area contributed by atoms with Crippen LogP contribution in [0.2, 0.25) is 0 Å². The molecule has 3 aliphatic carbocycles. The molecule has 0 heterocycles. The number of hydrogen-bond acceptors (Lipinski definition) is 1. The third-order valence-corrected chi connectivity index (χ3v) is 8.12. The molecule has 0 radical (unpaired) electrons. The molecule has 148 valence electrons. The Kier molecular flexibility index (Phi) is 5.90. The number of hydrogen-bond donors (Lipinski definition) is 0. The minimum atomic E-state index is -0.0783. The Morgan fingerprint density at radius 2 is 1.52 bits per heavy atom. The number of fused-ring (bicyclic) bond motifs is 1. The Hall–Kier alpha value is -1.31. The maximum atomic E-state index is 14.5. The van der Waals surface area contributed by atoms with E-state index in [-0.39, 0.29) is 5.82 Å². The molecule has 0 aromatic heterocycles. The molecule has 2 heteroatoms. The van der Waals surface area contributed by atoms with Gasteiger partial charge in [-0.3, -0.25) is 0 Å². The highest BCUT2D eigenvalue weighted by Crippen LogP contribution is 2.51. The van der Waals surface area contributed by atoms with Crippen LogP contribution in [0.15, 0.2) is 30.9 Å². The second-order valence-corrected chi connectivity index (χ2v) is 9.40. The number of allylic oxidation sites excluding steroid dienone is 1. The van der Waals surface area contributed by atoms with E-state index in [2.05, 4.69) is 12.7 Å². The highest BCUT2D eigenvalue weighted by Gasteiger charge is 2.39. The molecule has 1 aromatic carbocycles. The van der Waals surface area contributed by atoms with Crippen LogP contribution >= 0.6 is 0 Å². The van der Waals surface area contributed by atoms with Crippen LogP contribution in [0.5, 0.6) is 5.75 Å². The molecular formula is C25H35FO. The first-order chi connectivity index (χ1) is 13.2. The molecule has 27 heavy (non-hydrogen) atoms. The first-order valence-electron chi connectivity index (χ1n) is 11.1. The van der Waals surface area contributed by atoms with Gasteiger partial charge in [0.15, 0.2) is 0 Å². The number of ether oxygens (including phenoxy) is 1. The SMILES string of the molecule is C=CC1CCC(C2CCC3CC(c4ccc(OC)cc4F)CCC3C2)CC1. The van der Waals surface area contributed by atoms with E-state index < -0.39 is 0 Å². The normalized spacial score (nSPS) is 36.7. The maximum absolute atomic E-state index is 14.5. The van der Waals surface area contributed by atoms with Crippen molar-refractivity contribution in [3.8, 4) is 5.75 Å². The summed E-state index contributed by atoms with van der Waals surface area (Å²) >= 11 is 0. The lowest BCUT2D eigenvalue weighted by Gasteiger charge is -2.45. The lowest BCUT2D eigenvalue weighted by molar-refractivity contribution is 0.0744. The van der Waals surface area contributed by atoms with Crippen molar-refractivity contribution in [2.24, 2.45) is 29.6 Å². The van der Waals surface area contributed by atoms with Gasteiger partial charge < -0.3 is 4.74 Å². The van der Waals surface area contributed by atoms with Gasteiger partial charge in [-0.1, -0.05) is 12.1 Å². The van der Waals surface area contributed by atoms with Gasteiger partial charge in [-0.2, -0.15) is 0 Å². The average molecular weight is 371 g/mol. The minimum absolute atomic E-state index is 0.0783. The smallest absolute Gasteiger partial charge is 0.130 e. The van der Waals surface area contributed by atoms with Gasteiger partial charge in [-0.25, -0.2) is 4.39 Å². The van der Waals surface area contributed by atoms with Crippen molar-refractivity contribution in [3.63, 3.8) is 0 Å². The molecular weight excluding hydrogens is 335 g/mol. The summed E-state index contributed by atoms with van der Waals surface area (Å²) in [7, 11) is 1.60. The number of rotatable bonds is 4. The zero-order valence-corrected chi connectivity index (χ0v) is 16.8. The first-order valence-corrected chi connectivity index (χ1v) is 11.1. The molecule has 4 atom stereocenters. The maximum Gasteiger partial charge on any atom is 0.130 e. The summed E-state index contributed by atoms with van der Waals surface area (Å²) in [6.07, 6.45) is 15.6. The van der Waals surface area contributed by atoms with Gasteiger partial charge >= 0.3 is 0 Å². The molecule has 0 amide bonds. The fourth-order valence-electron chi connectivity index (χ4n) is 6.45. The van der Waals surface area contributed by atoms with Crippen molar-refractivity contribution in [2.45, 2.75) is 70.1 Å². The largest absolute Gasteiger partial charge is 0.497 e. The third kappa shape index (κ3) is 4.10. The van der Waals surface area contributed by atoms with Crippen LogP contribution in [0.25, 0.3) is 0 Å². The summed E-state index contributed by atoms with van der Waals surface area (Å²) in [5, 5.41) is 0. The Labute approximate surface area is 164 Å². The second kappa shape index (κ2) is 8.37. The Balaban J connectivity index is 1.34. The van der Waals surface area contributed by atoms with E-state index in [0.717, 1.165) is 41.6 Å². The Morgan fingerprint density at radius 3 is 2.19 bits per heavy atom. The second-order valence-electron chi connectivity index (χ2n) is 9.40. The van der Waals surface area contributed by atoms with Crippen LogP contribution < -0.4 is 4.74 Å². The van der Waals surface area contributed by atoms with Gasteiger partial charge in [-0.05, 0) is 111 Å². The van der Waals surface area contributed by atoms with Gasteiger partial charge in [0.25, 0.3) is 0 Å². The molecule has 1 aromatic rings. The summed E-state index contributed by atoms with van der Waals surface area (Å²) in [4.78, 5) is 0. The molecule has 0 N–H and O–H groups in total. The molecule has 0 spiro atoms. The molecule has 0 bridgehead atoms. The van der Waals surface area contributed by atoms with Gasteiger partial charge in [0.05, 0.1) is 7.11 Å². The van der Waals surface area contributed by atoms with Gasteiger partial charge in [0, 0.05) is 6.07 Å². The van der Waals surface area contributed by atoms with Crippen LogP contribution in [-0.2, 0) is 0 Å². The highest BCUT2D eigenvalue weighted by molar-refractivity contribution is 5.31. The zero-order valence-electron chi connectivity index (χ0n) is 16.8. The highest BCUT2D eigenvalue weighted by atomic mass is 19.1. The summed E-state index contributed by atoms with van der Waals surface area (Å²) < 4.78 is 19.7. The van der Waals surface area contributed by atoms with E-state index in [4.69, 9.17) is 4.74 Å². The molecule has 3 fully saturated rings. The summed E-state index contributed by atoms with van der Waals surface area (Å²) in [6.45, 7) is 3.99. The van der Waals surface area contributed by atoms with Gasteiger partial charge in [-0.15, -0.1) is 6.58 Å². The summed E-state index contributed by atoms with van der Waals surface area (Å²) in [5.41, 5.74) is 0.916. The Morgan fingerprint density at radius 1 is 0.889 bits per heavy atom. The monoisotopic (exact) mass is 370 g/mol. The van der Waals surface area contributed by atoms with Crippen molar-refractivity contribution < 1.29 is 9.13 Å². The predicted molar refractivity (Wildman–Crippen MR) is 110 cm³/mol. The molecule has 4 unspecified atom stereocenters. The lowest BCUT2D eigenvalue weighted by atomic mass is 9.60. The van der Waals surface area contributed by atoms with Crippen molar-refractivity contribution in [3.05, 3.63) is 42.2 Å². The topological polar surface area (TPSA) is 9.23 Å². The first kappa shape index (κ1) is 19.0. The summed E-state index contributed by atoms with van der Waals surface area (Å²) in [6, 6.07) is 5.43. The van der Waals surface area contributed by atoms with Crippen LogP contribution in [0, 0.1) is 35.4 Å². The van der Waals surface area contributed by atoms with E-state index >= 15 is 0 Å². The van der Waals surface area contributed by atoms with E-state index in [9.17, 15) is 4.39 Å². The fourth-order valence-corrected chi connectivity index (χ4v) is 6.45. The van der Waals surface area contributed by atoms with Crippen LogP contribution in [0.1, 0.15) is 75.7 Å². The standard InChI is InChI=1S/C25H35FO/c1-3-17-4-6-18(7-5-17)19-8-9-21-15-22(11-10-20(21)14-19)24-13-12-23(27-2)16-25(24)26/h3,12-13,16-22H,1,4-11,14-15H2,2H3. The van der Waals surface area contributed by atoms with Crippen molar-refractivity contribution >= 4 is 0 Å². The van der Waals surface area contributed by atoms with Gasteiger partial charge in [0.2, 0.25) is 0 Å². The van der Waals surface area contributed by atoms with Crippen molar-refractivity contribution in [1.29, 1.82) is 0 Å². The number of benzene rings is 1. The average Bonchev–Trinajstić information content (AvgIpc) is 2.73. The van der Waals surface area contributed by atoms with E-state index in [1.165, 1.54) is 57.8 Å². The Bertz CT molecular complexity index is 646. The number of halogens is 1. The minimum Gasteiger partial charge on any atom is -0.497 e. The molecule has 4 rings (SSSR count). The molecule has 3 saturated carbocycles. The fraction of sp³-hybridized carbons (Fsp3) is 0.680. The van der Waals surface area contributed by atoms with E-state index in [1.807, 2.05) is 12.1 Å². The van der Waals surface area contributed by atoms with E-state index in [0.29, 0.717) is 11.7 Å². The lowest BCUT2D eigenvalue weighted by Crippen LogP contribution is -2.34.